The number of ether oxygens (including phenoxy) is 1. The number of nitrogens with zero attached hydrogens (tertiary/aromatic N) is 3. The number of benzene rings is 2. The molecule has 3 rings (SSSR count). The molecule has 0 unspecified atom stereocenters. The molecule has 1 aliphatic heterocycles. The maximum absolute atomic E-state index is 13.0. The number of carbonyl (C=O) groups excluding carboxylic acids is 2. The van der Waals surface area contributed by atoms with Crippen LogP contribution in [0.2, 0.25) is 0 Å². The minimum atomic E-state index is -3.36. The average molecular weight is 529 g/mol. The molecule has 2 N–H and O–H groups in total. The Bertz CT molecular complexity index is 1130. The molecular formula is C22H26ClFN4O6S. The molecule has 1 atom stereocenters. The van der Waals surface area contributed by atoms with E-state index in [2.05, 4.69) is 0 Å². The first-order valence-electron chi connectivity index (χ1n) is 10.7. The van der Waals surface area contributed by atoms with Gasteiger partial charge in [-0.15, -0.1) is 0 Å². The van der Waals surface area contributed by atoms with E-state index >= 15 is 0 Å². The van der Waals surface area contributed by atoms with E-state index < -0.39 is 27.9 Å². The Morgan fingerprint density at radius 3 is 2.26 bits per heavy atom. The van der Waals surface area contributed by atoms with Crippen molar-refractivity contribution in [1.29, 1.82) is 0 Å². The largest absolute Gasteiger partial charge is 0.489 e. The van der Waals surface area contributed by atoms with Gasteiger partial charge in [-0.1, -0.05) is 12.1 Å². The molecule has 1 fully saturated rings. The molecule has 0 bridgehead atoms. The number of nitrogens with one attached hydrogen (secondary N) is 1. The molecule has 0 aliphatic carbocycles. The van der Waals surface area contributed by atoms with Gasteiger partial charge in [-0.25, -0.2) is 22.7 Å². The molecule has 190 valence electrons. The van der Waals surface area contributed by atoms with Crippen LogP contribution in [0.5, 0.6) is 5.75 Å². The SMILES string of the molecule is CS(=O)(=O)N1CCN([C@@H](CN(Cl)C(=O)c2ccc(OCc3ccc(F)cc3)cc2)C(=O)NO)CC1. The number of hydroxylamine groups is 1. The third kappa shape index (κ3) is 7.36. The van der Waals surface area contributed by atoms with Gasteiger partial charge in [0, 0.05) is 43.5 Å². The molecule has 0 spiro atoms. The summed E-state index contributed by atoms with van der Waals surface area (Å²) in [6, 6.07) is 11.1. The van der Waals surface area contributed by atoms with Crippen LogP contribution in [0.25, 0.3) is 0 Å². The molecule has 0 aromatic heterocycles. The summed E-state index contributed by atoms with van der Waals surface area (Å²) < 4.78 is 44.2. The van der Waals surface area contributed by atoms with Gasteiger partial charge in [-0.3, -0.25) is 19.7 Å². The van der Waals surface area contributed by atoms with Gasteiger partial charge in [0.2, 0.25) is 10.0 Å². The third-order valence-corrected chi connectivity index (χ3v) is 7.16. The molecule has 35 heavy (non-hydrogen) atoms. The monoisotopic (exact) mass is 528 g/mol. The topological polar surface area (TPSA) is 119 Å². The highest BCUT2D eigenvalue weighted by atomic mass is 35.5. The first kappa shape index (κ1) is 26.8. The van der Waals surface area contributed by atoms with Crippen LogP contribution in [0.15, 0.2) is 48.5 Å². The molecule has 1 heterocycles. The van der Waals surface area contributed by atoms with E-state index in [0.29, 0.717) is 5.75 Å². The van der Waals surface area contributed by atoms with Crippen LogP contribution in [0.3, 0.4) is 0 Å². The van der Waals surface area contributed by atoms with Crippen molar-refractivity contribution >= 4 is 33.6 Å². The van der Waals surface area contributed by atoms with Gasteiger partial charge in [0.05, 0.1) is 12.8 Å². The molecule has 2 aromatic rings. The minimum Gasteiger partial charge on any atom is -0.489 e. The Balaban J connectivity index is 1.59. The number of carbonyl (C=O) groups is 2. The first-order valence-corrected chi connectivity index (χ1v) is 12.8. The predicted molar refractivity (Wildman–Crippen MR) is 126 cm³/mol. The maximum Gasteiger partial charge on any atom is 0.268 e. The van der Waals surface area contributed by atoms with Gasteiger partial charge in [0.1, 0.15) is 24.2 Å². The zero-order valence-corrected chi connectivity index (χ0v) is 20.5. The van der Waals surface area contributed by atoms with E-state index in [4.69, 9.17) is 21.7 Å². The lowest BCUT2D eigenvalue weighted by Crippen LogP contribution is -2.58. The van der Waals surface area contributed by atoms with Gasteiger partial charge < -0.3 is 4.74 Å². The normalized spacial score (nSPS) is 15.9. The van der Waals surface area contributed by atoms with Crippen LogP contribution in [-0.4, -0.2) is 84.1 Å². The molecule has 2 aromatic carbocycles. The summed E-state index contributed by atoms with van der Waals surface area (Å²) in [5.74, 6) is -1.17. The van der Waals surface area contributed by atoms with E-state index in [1.165, 1.54) is 28.6 Å². The third-order valence-electron chi connectivity index (χ3n) is 5.57. The number of hydrogen-bond acceptors (Lipinski definition) is 7. The Morgan fingerprint density at radius 1 is 1.11 bits per heavy atom. The quantitative estimate of drug-likeness (QED) is 0.287. The lowest BCUT2D eigenvalue weighted by atomic mass is 10.1. The number of sulfonamides is 1. The fraction of sp³-hybridized carbons (Fsp3) is 0.364. The molecule has 0 radical (unpaired) electrons. The Kier molecular flexibility index (Phi) is 9.03. The van der Waals surface area contributed by atoms with Gasteiger partial charge in [0.15, 0.2) is 0 Å². The van der Waals surface area contributed by atoms with Crippen molar-refractivity contribution in [1.82, 2.24) is 19.1 Å². The molecular weight excluding hydrogens is 503 g/mol. The highest BCUT2D eigenvalue weighted by Gasteiger charge is 2.33. The number of amides is 2. The van der Waals surface area contributed by atoms with Crippen molar-refractivity contribution in [3.63, 3.8) is 0 Å². The van der Waals surface area contributed by atoms with Gasteiger partial charge in [-0.2, -0.15) is 4.31 Å². The first-order chi connectivity index (χ1) is 16.6. The van der Waals surface area contributed by atoms with Gasteiger partial charge >= 0.3 is 0 Å². The molecule has 10 nitrogen and oxygen atoms in total. The van der Waals surface area contributed by atoms with Gasteiger partial charge in [0.25, 0.3) is 11.8 Å². The van der Waals surface area contributed by atoms with Crippen molar-refractivity contribution in [2.24, 2.45) is 0 Å². The van der Waals surface area contributed by atoms with Crippen LogP contribution < -0.4 is 10.2 Å². The van der Waals surface area contributed by atoms with Crippen LogP contribution in [0, 0.1) is 5.82 Å². The lowest BCUT2D eigenvalue weighted by molar-refractivity contribution is -0.135. The minimum absolute atomic E-state index is 0.170. The van der Waals surface area contributed by atoms with Crippen molar-refractivity contribution in [2.45, 2.75) is 12.6 Å². The average Bonchev–Trinajstić information content (AvgIpc) is 2.85. The molecule has 13 heteroatoms. The van der Waals surface area contributed by atoms with Crippen molar-refractivity contribution < 1.29 is 32.3 Å². The standard InChI is InChI=1S/C22H26ClFN4O6S/c1-35(32,33)27-12-10-26(11-13-27)20(21(29)25-31)14-28(23)22(30)17-4-8-19(9-5-17)34-15-16-2-6-18(24)7-3-16/h2-9,20,31H,10-15H2,1H3,(H,25,29)/t20-/m0/s1. The van der Waals surface area contributed by atoms with E-state index in [9.17, 15) is 22.4 Å². The zero-order valence-electron chi connectivity index (χ0n) is 18.9. The van der Waals surface area contributed by atoms with Crippen molar-refractivity contribution in [3.8, 4) is 5.75 Å². The molecule has 1 saturated heterocycles. The Morgan fingerprint density at radius 2 is 1.71 bits per heavy atom. The second-order valence-electron chi connectivity index (χ2n) is 7.98. The highest BCUT2D eigenvalue weighted by molar-refractivity contribution is 7.88. The summed E-state index contributed by atoms with van der Waals surface area (Å²) in [7, 11) is -3.36. The second kappa shape index (κ2) is 11.8. The van der Waals surface area contributed by atoms with E-state index in [1.54, 1.807) is 34.6 Å². The summed E-state index contributed by atoms with van der Waals surface area (Å²) in [6.07, 6.45) is 1.11. The van der Waals surface area contributed by atoms with Crippen molar-refractivity contribution in [2.75, 3.05) is 39.0 Å². The smallest absolute Gasteiger partial charge is 0.268 e. The Hall–Kier alpha value is -2.77. The summed E-state index contributed by atoms with van der Waals surface area (Å²) in [5.41, 5.74) is 2.61. The van der Waals surface area contributed by atoms with Gasteiger partial charge in [-0.05, 0) is 42.0 Å². The van der Waals surface area contributed by atoms with Crippen molar-refractivity contribution in [3.05, 3.63) is 65.5 Å². The fourth-order valence-electron chi connectivity index (χ4n) is 3.60. The Labute approximate surface area is 207 Å². The molecule has 0 saturated carbocycles. The highest BCUT2D eigenvalue weighted by Crippen LogP contribution is 2.18. The number of halogens is 2. The number of piperazine rings is 1. The van der Waals surface area contributed by atoms with Crippen LogP contribution in [-0.2, 0) is 21.4 Å². The zero-order chi connectivity index (χ0) is 25.6. The van der Waals surface area contributed by atoms with E-state index in [-0.39, 0.29) is 50.7 Å². The summed E-state index contributed by atoms with van der Waals surface area (Å²) in [4.78, 5) is 26.7. The molecule has 2 amide bonds. The van der Waals surface area contributed by atoms with Crippen LogP contribution in [0.4, 0.5) is 4.39 Å². The summed E-state index contributed by atoms with van der Waals surface area (Å²) in [5, 5.41) is 9.15. The van der Waals surface area contributed by atoms with E-state index in [1.807, 2.05) is 0 Å². The van der Waals surface area contributed by atoms with E-state index in [0.717, 1.165) is 16.2 Å². The van der Waals surface area contributed by atoms with Crippen LogP contribution in [0.1, 0.15) is 15.9 Å². The van der Waals surface area contributed by atoms with Crippen LogP contribution >= 0.6 is 11.8 Å². The summed E-state index contributed by atoms with van der Waals surface area (Å²) in [6.45, 7) is 0.774. The second-order valence-corrected chi connectivity index (χ2v) is 10.4. The molecule has 1 aliphatic rings. The summed E-state index contributed by atoms with van der Waals surface area (Å²) >= 11 is 6.20. The number of rotatable bonds is 9. The lowest BCUT2D eigenvalue weighted by Gasteiger charge is -2.37. The fourth-order valence-corrected chi connectivity index (χ4v) is 4.66. The number of hydrogen-bond donors (Lipinski definition) is 2. The maximum atomic E-state index is 13.0. The predicted octanol–water partition coefficient (Wildman–Crippen LogP) is 1.45.